The second-order valence-electron chi connectivity index (χ2n) is 33.5. The third kappa shape index (κ3) is 82.9. The van der Waals surface area contributed by atoms with Crippen molar-refractivity contribution in [1.29, 1.82) is 0 Å². The van der Waals surface area contributed by atoms with Gasteiger partial charge in [0.25, 0.3) is 0 Å². The van der Waals surface area contributed by atoms with Crippen LogP contribution in [0.1, 0.15) is 497 Å². The number of carbonyl (C=O) groups is 4. The molecule has 19 heteroatoms. The van der Waals surface area contributed by atoms with Crippen molar-refractivity contribution in [3.8, 4) is 0 Å². The zero-order chi connectivity index (χ0) is 81.3. The molecule has 111 heavy (non-hydrogen) atoms. The molecule has 0 aromatic rings. The molecule has 0 fully saturated rings. The number of carbonyl (C=O) groups excluding carboxylic acids is 4. The first kappa shape index (κ1) is 109. The van der Waals surface area contributed by atoms with Crippen LogP contribution in [0.5, 0.6) is 0 Å². The lowest BCUT2D eigenvalue weighted by molar-refractivity contribution is -0.161. The zero-order valence-corrected chi connectivity index (χ0v) is 75.1. The van der Waals surface area contributed by atoms with Crippen LogP contribution >= 0.6 is 15.6 Å². The quantitative estimate of drug-likeness (QED) is 0.0222. The maximum Gasteiger partial charge on any atom is 0.472 e. The van der Waals surface area contributed by atoms with Gasteiger partial charge >= 0.3 is 39.5 Å². The normalized spacial score (nSPS) is 14.2. The van der Waals surface area contributed by atoms with Gasteiger partial charge in [0.2, 0.25) is 0 Å². The molecule has 0 saturated carbocycles. The lowest BCUT2D eigenvalue weighted by atomic mass is 9.99. The van der Waals surface area contributed by atoms with Crippen LogP contribution in [0.25, 0.3) is 0 Å². The second-order valence-corrected chi connectivity index (χ2v) is 36.4. The average Bonchev–Trinajstić information content (AvgIpc) is 0.897. The fourth-order valence-electron chi connectivity index (χ4n) is 14.4. The van der Waals surface area contributed by atoms with Gasteiger partial charge in [-0.3, -0.25) is 37.3 Å². The fourth-order valence-corrected chi connectivity index (χ4v) is 16.0. The van der Waals surface area contributed by atoms with Crippen molar-refractivity contribution in [1.82, 2.24) is 0 Å². The summed E-state index contributed by atoms with van der Waals surface area (Å²) in [6.45, 7) is 9.82. The Morgan fingerprint density at radius 1 is 0.252 bits per heavy atom. The third-order valence-corrected chi connectivity index (χ3v) is 24.3. The maximum absolute atomic E-state index is 13.2. The van der Waals surface area contributed by atoms with Gasteiger partial charge in [-0.05, 0) is 37.5 Å². The number of esters is 4. The van der Waals surface area contributed by atoms with Gasteiger partial charge in [-0.15, -0.1) is 0 Å². The van der Waals surface area contributed by atoms with E-state index in [0.717, 1.165) is 102 Å². The van der Waals surface area contributed by atoms with E-state index in [-0.39, 0.29) is 25.7 Å². The summed E-state index contributed by atoms with van der Waals surface area (Å²) in [6, 6.07) is 0. The van der Waals surface area contributed by atoms with Crippen LogP contribution in [0.4, 0.5) is 0 Å². The molecular formula is C92H180O17P2. The Balaban J connectivity index is 5.22. The molecular weight excluding hydrogens is 1440 g/mol. The lowest BCUT2D eigenvalue weighted by Crippen LogP contribution is -2.30. The Labute approximate surface area is 683 Å². The van der Waals surface area contributed by atoms with Gasteiger partial charge < -0.3 is 33.8 Å². The molecule has 0 radical (unpaired) electrons. The lowest BCUT2D eigenvalue weighted by Gasteiger charge is -2.21. The molecule has 0 amide bonds. The first-order valence-corrected chi connectivity index (χ1v) is 50.6. The van der Waals surface area contributed by atoms with Crippen molar-refractivity contribution >= 4 is 39.5 Å². The topological polar surface area (TPSA) is 237 Å². The van der Waals surface area contributed by atoms with Crippen LogP contribution in [0, 0.1) is 11.8 Å². The second kappa shape index (κ2) is 83.1. The third-order valence-electron chi connectivity index (χ3n) is 22.4. The van der Waals surface area contributed by atoms with E-state index in [1.54, 1.807) is 0 Å². The average molecular weight is 1620 g/mol. The van der Waals surface area contributed by atoms with E-state index in [1.807, 2.05) is 0 Å². The number of aliphatic hydroxyl groups excluding tert-OH is 1. The highest BCUT2D eigenvalue weighted by Crippen LogP contribution is 2.45. The molecule has 4 unspecified atom stereocenters. The number of unbranched alkanes of at least 4 members (excludes halogenated alkanes) is 59. The number of hydrogen-bond acceptors (Lipinski definition) is 15. The Hall–Kier alpha value is -1.94. The molecule has 0 rings (SSSR count). The number of phosphoric acid groups is 2. The Morgan fingerprint density at radius 2 is 0.432 bits per heavy atom. The predicted molar refractivity (Wildman–Crippen MR) is 460 cm³/mol. The molecule has 0 bridgehead atoms. The largest absolute Gasteiger partial charge is 0.472 e. The molecule has 0 aromatic heterocycles. The minimum atomic E-state index is -4.97. The van der Waals surface area contributed by atoms with Crippen molar-refractivity contribution in [3.05, 3.63) is 0 Å². The van der Waals surface area contributed by atoms with Gasteiger partial charge in [-0.1, -0.05) is 446 Å². The summed E-state index contributed by atoms with van der Waals surface area (Å²) < 4.78 is 69.1. The van der Waals surface area contributed by atoms with Crippen LogP contribution in [0.3, 0.4) is 0 Å². The Kier molecular flexibility index (Phi) is 81.7. The minimum Gasteiger partial charge on any atom is -0.462 e. The molecule has 7 atom stereocenters. The van der Waals surface area contributed by atoms with Crippen LogP contribution in [0.15, 0.2) is 0 Å². The molecule has 0 heterocycles. The molecule has 0 aromatic carbocycles. The summed E-state index contributed by atoms with van der Waals surface area (Å²) in [5.41, 5.74) is 0. The van der Waals surface area contributed by atoms with Crippen molar-refractivity contribution in [2.24, 2.45) is 11.8 Å². The van der Waals surface area contributed by atoms with E-state index in [2.05, 4.69) is 41.5 Å². The monoisotopic (exact) mass is 1620 g/mol. The summed E-state index contributed by atoms with van der Waals surface area (Å²) in [7, 11) is -9.93. The van der Waals surface area contributed by atoms with E-state index < -0.39 is 97.5 Å². The smallest absolute Gasteiger partial charge is 0.462 e. The molecule has 17 nitrogen and oxygen atoms in total. The first-order chi connectivity index (χ1) is 53.9. The molecule has 0 aliphatic rings. The number of hydrogen-bond donors (Lipinski definition) is 3. The highest BCUT2D eigenvalue weighted by atomic mass is 31.2. The van der Waals surface area contributed by atoms with Gasteiger partial charge in [-0.25, -0.2) is 9.13 Å². The SMILES string of the molecule is CCCCCCCCCCCCCCCCCCCCCCCC(=O)OC[C@H](COP(=O)(O)OC[C@@H](O)COP(=O)(O)OC[C@@H](COC(=O)CCCCCCCCCCCC)OC(=O)CCCCCCCCCCCCCCCCC(C)CC)OC(=O)CCCCCCCCCCCCCCCCCCCCC(C)CC. The van der Waals surface area contributed by atoms with Crippen molar-refractivity contribution in [2.45, 2.75) is 516 Å². The van der Waals surface area contributed by atoms with E-state index in [0.29, 0.717) is 25.7 Å². The van der Waals surface area contributed by atoms with E-state index in [4.69, 9.17) is 37.0 Å². The highest BCUT2D eigenvalue weighted by Gasteiger charge is 2.31. The van der Waals surface area contributed by atoms with E-state index in [1.165, 1.54) is 315 Å². The van der Waals surface area contributed by atoms with E-state index in [9.17, 15) is 43.2 Å². The number of phosphoric ester groups is 2. The van der Waals surface area contributed by atoms with Gasteiger partial charge in [0.15, 0.2) is 12.2 Å². The standard InChI is InChI=1S/C92H180O17P2/c1-7-11-13-15-17-19-21-22-23-24-25-26-27-31-34-40-45-51-57-63-69-75-90(95)103-81-88(109-91(96)76-70-64-58-52-46-41-35-32-29-28-30-33-38-43-48-54-60-66-72-84(5)9-3)83-107-111(100,101)105-79-86(93)78-104-110(98,99)106-82-87(80-102-89(94)74-68-62-56-50-20-18-16-14-12-8-2)108-92(97)77-71-65-59-53-47-42-37-36-39-44-49-55-61-67-73-85(6)10-4/h84-88,93H,7-83H2,1-6H3,(H,98,99)(H,100,101)/t84?,85?,86-,87+,88+/m0/s1. The van der Waals surface area contributed by atoms with Gasteiger partial charge in [0, 0.05) is 25.7 Å². The summed E-state index contributed by atoms with van der Waals surface area (Å²) in [6.07, 6.45) is 77.8. The molecule has 0 spiro atoms. The van der Waals surface area contributed by atoms with Gasteiger partial charge in [0.1, 0.15) is 19.3 Å². The molecule has 660 valence electrons. The molecule has 0 aliphatic heterocycles. The molecule has 0 saturated heterocycles. The van der Waals surface area contributed by atoms with Crippen LogP contribution < -0.4 is 0 Å². The van der Waals surface area contributed by atoms with E-state index >= 15 is 0 Å². The summed E-state index contributed by atoms with van der Waals surface area (Å²) in [5.74, 6) is -0.378. The van der Waals surface area contributed by atoms with Gasteiger partial charge in [0.05, 0.1) is 26.4 Å². The molecule has 0 aliphatic carbocycles. The van der Waals surface area contributed by atoms with Crippen molar-refractivity contribution in [2.75, 3.05) is 39.6 Å². The highest BCUT2D eigenvalue weighted by molar-refractivity contribution is 7.47. The van der Waals surface area contributed by atoms with Crippen LogP contribution in [0.2, 0.25) is 0 Å². The molecule has 3 N–H and O–H groups in total. The number of rotatable bonds is 91. The predicted octanol–water partition coefficient (Wildman–Crippen LogP) is 28.6. The number of aliphatic hydroxyl groups is 1. The first-order valence-electron chi connectivity index (χ1n) is 47.6. The van der Waals surface area contributed by atoms with Crippen molar-refractivity contribution in [3.63, 3.8) is 0 Å². The minimum absolute atomic E-state index is 0.108. The zero-order valence-electron chi connectivity index (χ0n) is 73.3. The summed E-state index contributed by atoms with van der Waals surface area (Å²) in [4.78, 5) is 73.4. The number of ether oxygens (including phenoxy) is 4. The maximum atomic E-state index is 13.2. The fraction of sp³-hybridized carbons (Fsp3) is 0.957. The van der Waals surface area contributed by atoms with Crippen molar-refractivity contribution < 1.29 is 80.2 Å². The Bertz CT molecular complexity index is 2120. The van der Waals surface area contributed by atoms with Gasteiger partial charge in [-0.2, -0.15) is 0 Å². The van der Waals surface area contributed by atoms with Crippen LogP contribution in [-0.2, 0) is 65.4 Å². The summed E-state index contributed by atoms with van der Waals surface area (Å²) >= 11 is 0. The Morgan fingerprint density at radius 3 is 0.640 bits per heavy atom. The van der Waals surface area contributed by atoms with Crippen LogP contribution in [-0.4, -0.2) is 96.7 Å². The summed E-state index contributed by atoms with van der Waals surface area (Å²) in [5, 5.41) is 10.7.